The molecule has 0 spiro atoms. The molecule has 3 heteroatoms. The molecule has 1 heterocycles. The van der Waals surface area contributed by atoms with Gasteiger partial charge in [-0.25, -0.2) is 0 Å². The molecule has 4 atom stereocenters. The Bertz CT molecular complexity index is 817. The molecule has 1 aliphatic heterocycles. The lowest BCUT2D eigenvalue weighted by molar-refractivity contribution is -0.125. The van der Waals surface area contributed by atoms with E-state index < -0.39 is 0 Å². The van der Waals surface area contributed by atoms with Gasteiger partial charge < -0.3 is 4.74 Å². The van der Waals surface area contributed by atoms with E-state index in [1.54, 1.807) is 0 Å². The fourth-order valence-electron chi connectivity index (χ4n) is 7.26. The molecule has 0 bridgehead atoms. The summed E-state index contributed by atoms with van der Waals surface area (Å²) in [6.07, 6.45) is 15.8. The minimum Gasteiger partial charge on any atom is -0.381 e. The average Bonchev–Trinajstić information content (AvgIpc) is 2.88. The van der Waals surface area contributed by atoms with Gasteiger partial charge in [0.25, 0.3) is 0 Å². The van der Waals surface area contributed by atoms with Crippen molar-refractivity contribution in [3.8, 4) is 0 Å². The molecule has 37 heavy (non-hydrogen) atoms. The highest BCUT2D eigenvalue weighted by molar-refractivity contribution is 5.81. The highest BCUT2D eigenvalue weighted by atomic mass is 16.5. The van der Waals surface area contributed by atoms with Crippen LogP contribution in [0, 0.1) is 37.5 Å². The van der Waals surface area contributed by atoms with Gasteiger partial charge in [0, 0.05) is 38.4 Å². The average molecular weight is 511 g/mol. The van der Waals surface area contributed by atoms with Crippen molar-refractivity contribution >= 4 is 11.6 Å². The van der Waals surface area contributed by atoms with E-state index in [0.717, 1.165) is 57.7 Å². The lowest BCUT2D eigenvalue weighted by atomic mass is 9.69. The standard InChI is InChI=1S/C34H54O3/c1-5-10-28(22-27-15-17-37-18-16-27)23-34(36)30-12-9-11-29(24-30)33(14-8-7-13-32(35)6-2)31-20-25(3)19-26(4)21-31/h19-21,27-30,33H,5-18,22-24H2,1-4H3. The molecule has 2 aliphatic rings. The number of hydrogen-bond donors (Lipinski definition) is 0. The molecule has 1 saturated carbocycles. The van der Waals surface area contributed by atoms with E-state index in [2.05, 4.69) is 39.0 Å². The van der Waals surface area contributed by atoms with Gasteiger partial charge in [0.15, 0.2) is 0 Å². The van der Waals surface area contributed by atoms with E-state index >= 15 is 0 Å². The number of carbonyl (C=O) groups excluding carboxylic acids is 2. The first-order valence-corrected chi connectivity index (χ1v) is 15.6. The van der Waals surface area contributed by atoms with Crippen molar-refractivity contribution in [3.05, 3.63) is 34.9 Å². The maximum Gasteiger partial charge on any atom is 0.136 e. The van der Waals surface area contributed by atoms with Crippen LogP contribution in [-0.2, 0) is 14.3 Å². The molecule has 4 unspecified atom stereocenters. The summed E-state index contributed by atoms with van der Waals surface area (Å²) in [5.74, 6) is 3.53. The van der Waals surface area contributed by atoms with E-state index in [1.807, 2.05) is 6.92 Å². The maximum absolute atomic E-state index is 13.6. The van der Waals surface area contributed by atoms with E-state index in [0.29, 0.717) is 42.2 Å². The van der Waals surface area contributed by atoms with Crippen molar-refractivity contribution in [1.82, 2.24) is 0 Å². The van der Waals surface area contributed by atoms with Gasteiger partial charge in [-0.1, -0.05) is 68.9 Å². The summed E-state index contributed by atoms with van der Waals surface area (Å²) in [5.41, 5.74) is 4.13. The fraction of sp³-hybridized carbons (Fsp3) is 0.765. The third-order valence-corrected chi connectivity index (χ3v) is 9.22. The van der Waals surface area contributed by atoms with Crippen LogP contribution in [0.1, 0.15) is 133 Å². The van der Waals surface area contributed by atoms with Gasteiger partial charge in [-0.15, -0.1) is 0 Å². The number of ether oxygens (including phenoxy) is 1. The molecule has 0 amide bonds. The molecule has 0 N–H and O–H groups in total. The van der Waals surface area contributed by atoms with Crippen molar-refractivity contribution in [2.24, 2.45) is 23.7 Å². The Labute approximate surface area is 227 Å². The van der Waals surface area contributed by atoms with Gasteiger partial charge in [0.1, 0.15) is 11.6 Å². The SMILES string of the molecule is CCCC(CC(=O)C1CCCC(C(CCCCC(=O)CC)c2cc(C)cc(C)c2)C1)CC1CCOCC1. The van der Waals surface area contributed by atoms with E-state index in [9.17, 15) is 9.59 Å². The summed E-state index contributed by atoms with van der Waals surface area (Å²) in [4.78, 5) is 25.5. The quantitative estimate of drug-likeness (QED) is 0.221. The van der Waals surface area contributed by atoms with Crippen LogP contribution in [0.4, 0.5) is 0 Å². The second-order valence-electron chi connectivity index (χ2n) is 12.4. The number of aryl methyl sites for hydroxylation is 2. The monoisotopic (exact) mass is 510 g/mol. The largest absolute Gasteiger partial charge is 0.381 e. The second kappa shape index (κ2) is 15.8. The second-order valence-corrected chi connectivity index (χ2v) is 12.4. The molecule has 3 nitrogen and oxygen atoms in total. The number of benzene rings is 1. The van der Waals surface area contributed by atoms with E-state index in [4.69, 9.17) is 4.74 Å². The van der Waals surface area contributed by atoms with E-state index in [1.165, 1.54) is 61.6 Å². The fourth-order valence-corrected chi connectivity index (χ4v) is 7.26. The first kappa shape index (κ1) is 30.1. The summed E-state index contributed by atoms with van der Waals surface area (Å²) < 4.78 is 5.57. The Hall–Kier alpha value is -1.48. The summed E-state index contributed by atoms with van der Waals surface area (Å²) in [6, 6.07) is 7.02. The third kappa shape index (κ3) is 9.97. The van der Waals surface area contributed by atoms with Crippen molar-refractivity contribution in [2.45, 2.75) is 130 Å². The molecule has 1 saturated heterocycles. The maximum atomic E-state index is 13.6. The molecular weight excluding hydrogens is 456 g/mol. The normalized spacial score (nSPS) is 22.5. The van der Waals surface area contributed by atoms with Crippen LogP contribution in [0.5, 0.6) is 0 Å². The van der Waals surface area contributed by atoms with Crippen molar-refractivity contribution in [1.29, 1.82) is 0 Å². The lowest BCUT2D eigenvalue weighted by Crippen LogP contribution is -2.28. The number of hydrogen-bond acceptors (Lipinski definition) is 3. The van der Waals surface area contributed by atoms with Crippen molar-refractivity contribution < 1.29 is 14.3 Å². The molecule has 1 aromatic rings. The van der Waals surface area contributed by atoms with Crippen molar-refractivity contribution in [3.63, 3.8) is 0 Å². The topological polar surface area (TPSA) is 43.4 Å². The molecule has 1 aliphatic carbocycles. The zero-order chi connectivity index (χ0) is 26.6. The van der Waals surface area contributed by atoms with Crippen LogP contribution in [0.2, 0.25) is 0 Å². The highest BCUT2D eigenvalue weighted by Gasteiger charge is 2.33. The summed E-state index contributed by atoms with van der Waals surface area (Å²) >= 11 is 0. The van der Waals surface area contributed by atoms with Crippen LogP contribution in [0.3, 0.4) is 0 Å². The number of carbonyl (C=O) groups is 2. The van der Waals surface area contributed by atoms with E-state index in [-0.39, 0.29) is 5.92 Å². The van der Waals surface area contributed by atoms with Gasteiger partial charge in [0.05, 0.1) is 0 Å². The van der Waals surface area contributed by atoms with Crippen LogP contribution >= 0.6 is 0 Å². The zero-order valence-electron chi connectivity index (χ0n) is 24.4. The third-order valence-electron chi connectivity index (χ3n) is 9.22. The predicted octanol–water partition coefficient (Wildman–Crippen LogP) is 8.93. The molecule has 3 rings (SSSR count). The Morgan fingerprint density at radius 2 is 1.68 bits per heavy atom. The molecular formula is C34H54O3. The number of rotatable bonds is 15. The summed E-state index contributed by atoms with van der Waals surface area (Å²) in [6.45, 7) is 10.4. The zero-order valence-corrected chi connectivity index (χ0v) is 24.4. The first-order chi connectivity index (χ1) is 17.9. The van der Waals surface area contributed by atoms with Gasteiger partial charge in [0.2, 0.25) is 0 Å². The molecule has 208 valence electrons. The number of ketones is 2. The van der Waals surface area contributed by atoms with Crippen LogP contribution in [-0.4, -0.2) is 24.8 Å². The predicted molar refractivity (Wildman–Crippen MR) is 154 cm³/mol. The first-order valence-electron chi connectivity index (χ1n) is 15.6. The summed E-state index contributed by atoms with van der Waals surface area (Å²) in [7, 11) is 0. The van der Waals surface area contributed by atoms with Crippen LogP contribution in [0.25, 0.3) is 0 Å². The summed E-state index contributed by atoms with van der Waals surface area (Å²) in [5, 5.41) is 0. The van der Waals surface area contributed by atoms with Crippen LogP contribution in [0.15, 0.2) is 18.2 Å². The van der Waals surface area contributed by atoms with Gasteiger partial charge in [-0.05, 0) is 94.4 Å². The minimum absolute atomic E-state index is 0.239. The van der Waals surface area contributed by atoms with Gasteiger partial charge in [-0.2, -0.15) is 0 Å². The number of Topliss-reactive ketones (excluding diaryl/α,β-unsaturated/α-hetero) is 2. The Morgan fingerprint density at radius 1 is 0.946 bits per heavy atom. The Balaban J connectivity index is 1.65. The minimum atomic E-state index is 0.239. The van der Waals surface area contributed by atoms with Gasteiger partial charge in [-0.3, -0.25) is 9.59 Å². The molecule has 0 aromatic heterocycles. The molecule has 1 aromatic carbocycles. The van der Waals surface area contributed by atoms with Gasteiger partial charge >= 0.3 is 0 Å². The van der Waals surface area contributed by atoms with Crippen molar-refractivity contribution in [2.75, 3.05) is 13.2 Å². The smallest absolute Gasteiger partial charge is 0.136 e. The molecule has 2 fully saturated rings. The Kier molecular flexibility index (Phi) is 12.9. The lowest BCUT2D eigenvalue weighted by Gasteiger charge is -2.35. The molecule has 0 radical (unpaired) electrons. The highest BCUT2D eigenvalue weighted by Crippen LogP contribution is 2.43. The Morgan fingerprint density at radius 3 is 2.35 bits per heavy atom. The number of unbranched alkanes of at least 4 members (excludes halogenated alkanes) is 1. The van der Waals surface area contributed by atoms with Crippen LogP contribution < -0.4 is 0 Å².